The van der Waals surface area contributed by atoms with E-state index in [9.17, 15) is 28.5 Å². The van der Waals surface area contributed by atoms with E-state index in [0.29, 0.717) is 31.6 Å². The van der Waals surface area contributed by atoms with Gasteiger partial charge < -0.3 is 20.7 Å². The molecule has 174 valence electrons. The van der Waals surface area contributed by atoms with E-state index in [-0.39, 0.29) is 23.7 Å². The van der Waals surface area contributed by atoms with Gasteiger partial charge in [0.25, 0.3) is 11.6 Å². The molecule has 2 amide bonds. The Kier molecular flexibility index (Phi) is 6.34. The van der Waals surface area contributed by atoms with Gasteiger partial charge in [-0.1, -0.05) is 12.1 Å². The Morgan fingerprint density at radius 3 is 2.48 bits per heavy atom. The molecule has 2 atom stereocenters. The Hall–Kier alpha value is -3.44. The highest BCUT2D eigenvalue weighted by Gasteiger charge is 2.42. The van der Waals surface area contributed by atoms with Crippen molar-refractivity contribution in [3.63, 3.8) is 0 Å². The lowest BCUT2D eigenvalue weighted by atomic mass is 9.91. The lowest BCUT2D eigenvalue weighted by Gasteiger charge is -2.32. The Balaban J connectivity index is 1.68. The van der Waals surface area contributed by atoms with Crippen molar-refractivity contribution in [3.05, 3.63) is 69.3 Å². The van der Waals surface area contributed by atoms with Gasteiger partial charge in [0.1, 0.15) is 23.4 Å². The highest BCUT2D eigenvalue weighted by Crippen LogP contribution is 2.38. The number of nitrogens with zero attached hydrogens (tertiary/aromatic N) is 2. The van der Waals surface area contributed by atoms with Crippen LogP contribution < -0.4 is 11.1 Å². The summed E-state index contributed by atoms with van der Waals surface area (Å²) in [6.45, 7) is 0.921. The first-order valence-corrected chi connectivity index (χ1v) is 10.4. The molecule has 0 aliphatic carbocycles. The maximum Gasteiger partial charge on any atom is 0.269 e. The number of halogens is 2. The predicted octanol–water partition coefficient (Wildman–Crippen LogP) is 2.65. The van der Waals surface area contributed by atoms with Gasteiger partial charge in [-0.3, -0.25) is 19.7 Å². The van der Waals surface area contributed by atoms with E-state index in [1.54, 1.807) is 0 Å². The lowest BCUT2D eigenvalue weighted by molar-refractivity contribution is -0.384. The Bertz CT molecular complexity index is 1090. The van der Waals surface area contributed by atoms with Gasteiger partial charge in [-0.15, -0.1) is 0 Å². The molecule has 0 bridgehead atoms. The van der Waals surface area contributed by atoms with Crippen LogP contribution in [-0.4, -0.2) is 40.9 Å². The summed E-state index contributed by atoms with van der Waals surface area (Å²) >= 11 is 0. The second-order valence-corrected chi connectivity index (χ2v) is 8.07. The molecule has 33 heavy (non-hydrogen) atoms. The molecule has 3 N–H and O–H groups in total. The van der Waals surface area contributed by atoms with Crippen LogP contribution in [0, 0.1) is 27.7 Å². The first kappa shape index (κ1) is 22.7. The Labute approximate surface area is 187 Å². The SMILES string of the molecule is N[C@H](C(=O)N1Cc2ccc([N+](=O)[O-])cc2[C@H]1C(=O)Nc1c(F)cccc1F)C1CCOCC1. The number of nitro benzene ring substituents is 1. The summed E-state index contributed by atoms with van der Waals surface area (Å²) in [5.41, 5.74) is 6.04. The predicted molar refractivity (Wildman–Crippen MR) is 113 cm³/mol. The molecule has 2 aromatic carbocycles. The van der Waals surface area contributed by atoms with Crippen LogP contribution in [0.1, 0.15) is 30.0 Å². The number of benzene rings is 2. The second-order valence-electron chi connectivity index (χ2n) is 8.07. The third-order valence-electron chi connectivity index (χ3n) is 6.09. The standard InChI is InChI=1S/C22H22F2N4O5/c23-16-2-1-3-17(24)19(16)26-21(29)20-15-10-14(28(31)32)5-4-13(15)11-27(20)22(30)18(25)12-6-8-33-9-7-12/h1-5,10,12,18,20H,6-9,11,25H2,(H,26,29)/t18-,20-/m0/s1. The van der Waals surface area contributed by atoms with Crippen molar-refractivity contribution in [2.24, 2.45) is 11.7 Å². The van der Waals surface area contributed by atoms with E-state index in [4.69, 9.17) is 10.5 Å². The van der Waals surface area contributed by atoms with Crippen molar-refractivity contribution in [2.75, 3.05) is 18.5 Å². The molecule has 1 fully saturated rings. The van der Waals surface area contributed by atoms with Gasteiger partial charge in [0.05, 0.1) is 11.0 Å². The lowest BCUT2D eigenvalue weighted by Crippen LogP contribution is -2.50. The number of carbonyl (C=O) groups is 2. The third kappa shape index (κ3) is 4.41. The maximum atomic E-state index is 14.1. The minimum absolute atomic E-state index is 0.0130. The number of nitro groups is 1. The summed E-state index contributed by atoms with van der Waals surface area (Å²) in [5, 5.41) is 13.5. The number of fused-ring (bicyclic) bond motifs is 1. The van der Waals surface area contributed by atoms with Crippen LogP contribution in [0.3, 0.4) is 0 Å². The highest BCUT2D eigenvalue weighted by molar-refractivity contribution is 5.99. The molecule has 0 spiro atoms. The van der Waals surface area contributed by atoms with E-state index < -0.39 is 46.1 Å². The molecule has 2 aromatic rings. The number of non-ortho nitro benzene ring substituents is 1. The number of anilines is 1. The third-order valence-corrected chi connectivity index (χ3v) is 6.09. The second kappa shape index (κ2) is 9.20. The average molecular weight is 460 g/mol. The minimum atomic E-state index is -1.34. The van der Waals surface area contributed by atoms with E-state index in [1.165, 1.54) is 23.1 Å². The highest BCUT2D eigenvalue weighted by atomic mass is 19.1. The number of hydrogen-bond donors (Lipinski definition) is 2. The fraction of sp³-hybridized carbons (Fsp3) is 0.364. The first-order chi connectivity index (χ1) is 15.8. The molecule has 2 heterocycles. The number of rotatable bonds is 5. The fourth-order valence-corrected chi connectivity index (χ4v) is 4.30. The number of nitrogens with two attached hydrogens (primary N) is 1. The van der Waals surface area contributed by atoms with Crippen molar-refractivity contribution < 1.29 is 28.0 Å². The van der Waals surface area contributed by atoms with E-state index in [2.05, 4.69) is 5.32 Å². The van der Waals surface area contributed by atoms with Gasteiger partial charge in [0.2, 0.25) is 5.91 Å². The van der Waals surface area contributed by atoms with Crippen LogP contribution in [0.5, 0.6) is 0 Å². The minimum Gasteiger partial charge on any atom is -0.381 e. The Morgan fingerprint density at radius 1 is 1.18 bits per heavy atom. The number of hydrogen-bond acceptors (Lipinski definition) is 6. The van der Waals surface area contributed by atoms with Crippen molar-refractivity contribution in [3.8, 4) is 0 Å². The van der Waals surface area contributed by atoms with Crippen molar-refractivity contribution >= 4 is 23.2 Å². The molecular formula is C22H22F2N4O5. The monoisotopic (exact) mass is 460 g/mol. The van der Waals surface area contributed by atoms with Crippen LogP contribution in [0.25, 0.3) is 0 Å². The van der Waals surface area contributed by atoms with Crippen molar-refractivity contribution in [1.29, 1.82) is 0 Å². The van der Waals surface area contributed by atoms with E-state index >= 15 is 0 Å². The molecule has 0 saturated carbocycles. The zero-order valence-corrected chi connectivity index (χ0v) is 17.5. The molecule has 4 rings (SSSR count). The van der Waals surface area contributed by atoms with Crippen LogP contribution in [-0.2, 0) is 20.9 Å². The summed E-state index contributed by atoms with van der Waals surface area (Å²) in [6.07, 6.45) is 1.16. The summed E-state index contributed by atoms with van der Waals surface area (Å²) in [4.78, 5) is 38.4. The normalized spacial score (nSPS) is 19.1. The fourth-order valence-electron chi connectivity index (χ4n) is 4.30. The van der Waals surface area contributed by atoms with Crippen LogP contribution in [0.15, 0.2) is 36.4 Å². The molecule has 2 aliphatic heterocycles. The van der Waals surface area contributed by atoms with Gasteiger partial charge in [-0.05, 0) is 42.0 Å². The van der Waals surface area contributed by atoms with Gasteiger partial charge in [0, 0.05) is 31.9 Å². The van der Waals surface area contributed by atoms with Gasteiger partial charge in [0.15, 0.2) is 0 Å². The van der Waals surface area contributed by atoms with Gasteiger partial charge >= 0.3 is 0 Å². The number of para-hydroxylation sites is 1. The molecule has 1 saturated heterocycles. The maximum absolute atomic E-state index is 14.1. The molecular weight excluding hydrogens is 438 g/mol. The van der Waals surface area contributed by atoms with Crippen LogP contribution >= 0.6 is 0 Å². The molecule has 11 heteroatoms. The van der Waals surface area contributed by atoms with Crippen LogP contribution in [0.4, 0.5) is 20.2 Å². The quantitative estimate of drug-likeness (QED) is 0.522. The van der Waals surface area contributed by atoms with Crippen molar-refractivity contribution in [1.82, 2.24) is 4.90 Å². The molecule has 0 aromatic heterocycles. The number of amides is 2. The van der Waals surface area contributed by atoms with Gasteiger partial charge in [-0.2, -0.15) is 0 Å². The first-order valence-electron chi connectivity index (χ1n) is 10.4. The summed E-state index contributed by atoms with van der Waals surface area (Å²) in [5.74, 6) is -3.55. The topological polar surface area (TPSA) is 128 Å². The summed E-state index contributed by atoms with van der Waals surface area (Å²) in [7, 11) is 0. The number of carbonyl (C=O) groups excluding carboxylic acids is 2. The van der Waals surface area contributed by atoms with Gasteiger partial charge in [-0.25, -0.2) is 8.78 Å². The number of nitrogens with one attached hydrogen (secondary N) is 1. The van der Waals surface area contributed by atoms with Crippen molar-refractivity contribution in [2.45, 2.75) is 31.5 Å². The molecule has 9 nitrogen and oxygen atoms in total. The van der Waals surface area contributed by atoms with E-state index in [0.717, 1.165) is 18.2 Å². The molecule has 2 aliphatic rings. The molecule has 0 unspecified atom stereocenters. The zero-order valence-electron chi connectivity index (χ0n) is 17.5. The number of ether oxygens (including phenoxy) is 1. The van der Waals surface area contributed by atoms with E-state index in [1.807, 2.05) is 0 Å². The smallest absolute Gasteiger partial charge is 0.269 e. The summed E-state index contributed by atoms with van der Waals surface area (Å²) in [6, 6.07) is 4.80. The average Bonchev–Trinajstić information content (AvgIpc) is 3.20. The largest absolute Gasteiger partial charge is 0.381 e. The molecule has 0 radical (unpaired) electrons. The Morgan fingerprint density at radius 2 is 1.85 bits per heavy atom. The zero-order chi connectivity index (χ0) is 23.7. The summed E-state index contributed by atoms with van der Waals surface area (Å²) < 4.78 is 33.6. The van der Waals surface area contributed by atoms with Crippen LogP contribution in [0.2, 0.25) is 0 Å².